The van der Waals surface area contributed by atoms with Crippen LogP contribution in [0, 0.1) is 11.6 Å². The first-order valence-corrected chi connectivity index (χ1v) is 4.73. The topological polar surface area (TPSA) is 29.1 Å². The lowest BCUT2D eigenvalue weighted by atomic mass is 10.1. The molecule has 0 aromatic heterocycles. The Morgan fingerprint density at radius 3 is 2.67 bits per heavy atom. The summed E-state index contributed by atoms with van der Waals surface area (Å²) in [5, 5.41) is 2.61. The Morgan fingerprint density at radius 2 is 2.07 bits per heavy atom. The van der Waals surface area contributed by atoms with Gasteiger partial charge in [0, 0.05) is 11.6 Å². The Balaban J connectivity index is 2.73. The highest BCUT2D eigenvalue weighted by Gasteiger charge is 2.11. The second kappa shape index (κ2) is 4.87. The van der Waals surface area contributed by atoms with Gasteiger partial charge < -0.3 is 5.32 Å². The molecule has 0 saturated carbocycles. The van der Waals surface area contributed by atoms with Crippen LogP contribution in [0.3, 0.4) is 0 Å². The fraction of sp³-hybridized carbons (Fsp3) is 0.364. The smallest absolute Gasteiger partial charge is 0.224 e. The Labute approximate surface area is 87.3 Å². The number of carbonyl (C=O) groups excluding carboxylic acids is 1. The van der Waals surface area contributed by atoms with E-state index in [0.29, 0.717) is 0 Å². The Kier molecular flexibility index (Phi) is 3.77. The molecule has 0 aliphatic rings. The molecule has 4 heteroatoms. The highest BCUT2D eigenvalue weighted by Crippen LogP contribution is 2.11. The molecule has 15 heavy (non-hydrogen) atoms. The molecule has 0 saturated heterocycles. The molecule has 0 aliphatic heterocycles. The van der Waals surface area contributed by atoms with Gasteiger partial charge in [0.1, 0.15) is 0 Å². The van der Waals surface area contributed by atoms with E-state index in [1.54, 1.807) is 13.8 Å². The Bertz CT molecular complexity index is 364. The standard InChI is InChI=1S/C11H13F2NO/c1-7(2)14-10(15)6-8-4-3-5-9(12)11(8)13/h3-5,7H,6H2,1-2H3,(H,14,15). The summed E-state index contributed by atoms with van der Waals surface area (Å²) in [6, 6.07) is 3.81. The number of benzene rings is 1. The van der Waals surface area contributed by atoms with Crippen LogP contribution in [-0.2, 0) is 11.2 Å². The van der Waals surface area contributed by atoms with Crippen molar-refractivity contribution in [2.24, 2.45) is 0 Å². The SMILES string of the molecule is CC(C)NC(=O)Cc1cccc(F)c1F. The molecule has 0 atom stereocenters. The number of hydrogen-bond acceptors (Lipinski definition) is 1. The predicted octanol–water partition coefficient (Wildman–Crippen LogP) is 2.03. The molecule has 0 spiro atoms. The van der Waals surface area contributed by atoms with Crippen LogP contribution in [0.5, 0.6) is 0 Å². The minimum Gasteiger partial charge on any atom is -0.354 e. The first-order chi connectivity index (χ1) is 7.00. The van der Waals surface area contributed by atoms with E-state index in [4.69, 9.17) is 0 Å². The number of amides is 1. The molecule has 0 fully saturated rings. The molecular weight excluding hydrogens is 200 g/mol. The third-order valence-corrected chi connectivity index (χ3v) is 1.83. The van der Waals surface area contributed by atoms with Gasteiger partial charge in [0.25, 0.3) is 0 Å². The van der Waals surface area contributed by atoms with Crippen LogP contribution in [0.1, 0.15) is 19.4 Å². The quantitative estimate of drug-likeness (QED) is 0.817. The summed E-state index contributed by atoms with van der Waals surface area (Å²) in [4.78, 5) is 11.3. The molecule has 0 radical (unpaired) electrons. The number of carbonyl (C=O) groups is 1. The molecule has 2 nitrogen and oxygen atoms in total. The van der Waals surface area contributed by atoms with Crippen molar-refractivity contribution in [2.45, 2.75) is 26.3 Å². The van der Waals surface area contributed by atoms with Gasteiger partial charge >= 0.3 is 0 Å². The summed E-state index contributed by atoms with van der Waals surface area (Å²) in [6.07, 6.45) is -0.137. The van der Waals surface area contributed by atoms with Crippen molar-refractivity contribution in [2.75, 3.05) is 0 Å². The highest BCUT2D eigenvalue weighted by molar-refractivity contribution is 5.78. The summed E-state index contributed by atoms with van der Waals surface area (Å²) in [5.74, 6) is -2.18. The lowest BCUT2D eigenvalue weighted by Gasteiger charge is -2.08. The van der Waals surface area contributed by atoms with Crippen molar-refractivity contribution in [1.29, 1.82) is 0 Å². The number of halogens is 2. The maximum Gasteiger partial charge on any atom is 0.224 e. The van der Waals surface area contributed by atoms with E-state index in [0.717, 1.165) is 6.07 Å². The molecule has 1 aromatic rings. The molecule has 82 valence electrons. The molecule has 0 bridgehead atoms. The maximum absolute atomic E-state index is 13.1. The van der Waals surface area contributed by atoms with Crippen LogP contribution in [0.25, 0.3) is 0 Å². The molecule has 1 aromatic carbocycles. The third kappa shape index (κ3) is 3.31. The zero-order valence-corrected chi connectivity index (χ0v) is 8.68. The molecule has 0 unspecified atom stereocenters. The largest absolute Gasteiger partial charge is 0.354 e. The van der Waals surface area contributed by atoms with Crippen LogP contribution in [0.2, 0.25) is 0 Å². The normalized spacial score (nSPS) is 10.5. The van der Waals surface area contributed by atoms with E-state index in [1.165, 1.54) is 12.1 Å². The minimum atomic E-state index is -0.948. The van der Waals surface area contributed by atoms with E-state index >= 15 is 0 Å². The first-order valence-electron chi connectivity index (χ1n) is 4.73. The summed E-state index contributed by atoms with van der Waals surface area (Å²) >= 11 is 0. The number of nitrogens with one attached hydrogen (secondary N) is 1. The summed E-state index contributed by atoms with van der Waals surface area (Å²) < 4.78 is 25.9. The van der Waals surface area contributed by atoms with E-state index in [9.17, 15) is 13.6 Å². The zero-order valence-electron chi connectivity index (χ0n) is 8.68. The molecule has 0 aliphatic carbocycles. The molecule has 1 amide bonds. The van der Waals surface area contributed by atoms with Gasteiger partial charge in [-0.25, -0.2) is 8.78 Å². The van der Waals surface area contributed by atoms with Crippen molar-refractivity contribution in [1.82, 2.24) is 5.32 Å². The van der Waals surface area contributed by atoms with Crippen LogP contribution < -0.4 is 5.32 Å². The van der Waals surface area contributed by atoms with Crippen LogP contribution >= 0.6 is 0 Å². The summed E-state index contributed by atoms with van der Waals surface area (Å²) in [6.45, 7) is 3.61. The average Bonchev–Trinajstić information content (AvgIpc) is 2.11. The predicted molar refractivity (Wildman–Crippen MR) is 53.3 cm³/mol. The van der Waals surface area contributed by atoms with Gasteiger partial charge in [-0.3, -0.25) is 4.79 Å². The van der Waals surface area contributed by atoms with E-state index in [-0.39, 0.29) is 23.9 Å². The number of hydrogen-bond donors (Lipinski definition) is 1. The lowest BCUT2D eigenvalue weighted by Crippen LogP contribution is -2.31. The van der Waals surface area contributed by atoms with Crippen molar-refractivity contribution in [3.05, 3.63) is 35.4 Å². The van der Waals surface area contributed by atoms with Crippen molar-refractivity contribution in [3.8, 4) is 0 Å². The van der Waals surface area contributed by atoms with Gasteiger partial charge in [-0.05, 0) is 19.9 Å². The van der Waals surface area contributed by atoms with Gasteiger partial charge in [-0.2, -0.15) is 0 Å². The van der Waals surface area contributed by atoms with Crippen molar-refractivity contribution >= 4 is 5.91 Å². The van der Waals surface area contributed by atoms with Gasteiger partial charge in [-0.1, -0.05) is 12.1 Å². The zero-order chi connectivity index (χ0) is 11.4. The fourth-order valence-corrected chi connectivity index (χ4v) is 1.23. The number of rotatable bonds is 3. The third-order valence-electron chi connectivity index (χ3n) is 1.83. The average molecular weight is 213 g/mol. The van der Waals surface area contributed by atoms with Gasteiger partial charge in [0.2, 0.25) is 5.91 Å². The van der Waals surface area contributed by atoms with E-state index in [2.05, 4.69) is 5.32 Å². The van der Waals surface area contributed by atoms with Gasteiger partial charge in [0.15, 0.2) is 11.6 Å². The molecule has 1 rings (SSSR count). The molecule has 1 N–H and O–H groups in total. The van der Waals surface area contributed by atoms with Crippen LogP contribution in [0.4, 0.5) is 8.78 Å². The Morgan fingerprint density at radius 1 is 1.40 bits per heavy atom. The first kappa shape index (κ1) is 11.6. The minimum absolute atomic E-state index is 0.00544. The Hall–Kier alpha value is -1.45. The van der Waals surface area contributed by atoms with Crippen molar-refractivity contribution < 1.29 is 13.6 Å². The lowest BCUT2D eigenvalue weighted by molar-refractivity contribution is -0.120. The van der Waals surface area contributed by atoms with Crippen LogP contribution in [-0.4, -0.2) is 11.9 Å². The van der Waals surface area contributed by atoms with Gasteiger partial charge in [-0.15, -0.1) is 0 Å². The molecular formula is C11H13F2NO. The maximum atomic E-state index is 13.1. The highest BCUT2D eigenvalue weighted by atomic mass is 19.2. The second-order valence-corrected chi connectivity index (χ2v) is 3.61. The second-order valence-electron chi connectivity index (χ2n) is 3.61. The summed E-state index contributed by atoms with van der Waals surface area (Å²) in [7, 11) is 0. The van der Waals surface area contributed by atoms with Crippen molar-refractivity contribution in [3.63, 3.8) is 0 Å². The molecule has 0 heterocycles. The van der Waals surface area contributed by atoms with E-state index in [1.807, 2.05) is 0 Å². The van der Waals surface area contributed by atoms with E-state index < -0.39 is 11.6 Å². The monoisotopic (exact) mass is 213 g/mol. The fourth-order valence-electron chi connectivity index (χ4n) is 1.23. The van der Waals surface area contributed by atoms with Crippen LogP contribution in [0.15, 0.2) is 18.2 Å². The summed E-state index contributed by atoms with van der Waals surface area (Å²) in [5.41, 5.74) is 0.0770. The van der Waals surface area contributed by atoms with Gasteiger partial charge in [0.05, 0.1) is 6.42 Å².